The molecule has 0 saturated carbocycles. The first kappa shape index (κ1) is 21.2. The zero-order valence-corrected chi connectivity index (χ0v) is 21.3. The van der Waals surface area contributed by atoms with Crippen molar-refractivity contribution in [3.8, 4) is 0 Å². The third kappa shape index (κ3) is 3.55. The van der Waals surface area contributed by atoms with Crippen LogP contribution in [0.2, 0.25) is 0 Å². The standard InChI is InChI=1S/C28H17N5OSSe/c34-26-24(35-28-31-22-12-6-7-13-23(22)33(26)28)16-20-14-15-25(36-20)32(19-9-2-1-3-10-19)27-29-17-18-8-4-5-11-21(18)30-27/h1-17H/b24-16+. The topological polar surface area (TPSA) is 63.4 Å². The van der Waals surface area contributed by atoms with Gasteiger partial charge in [0, 0.05) is 0 Å². The summed E-state index contributed by atoms with van der Waals surface area (Å²) in [6, 6.07) is 30.1. The number of imidazole rings is 1. The van der Waals surface area contributed by atoms with Crippen LogP contribution in [0.5, 0.6) is 0 Å². The van der Waals surface area contributed by atoms with E-state index in [-0.39, 0.29) is 20.1 Å². The van der Waals surface area contributed by atoms with Crippen molar-refractivity contribution in [3.63, 3.8) is 0 Å². The van der Waals surface area contributed by atoms with Crippen LogP contribution in [-0.2, 0) is 0 Å². The Labute approximate surface area is 215 Å². The van der Waals surface area contributed by atoms with E-state index >= 15 is 0 Å². The van der Waals surface area contributed by atoms with Crippen molar-refractivity contribution >= 4 is 75.0 Å². The first-order valence-electron chi connectivity index (χ1n) is 11.3. The average Bonchev–Trinajstić information content (AvgIpc) is 3.60. The van der Waals surface area contributed by atoms with Crippen LogP contribution in [-0.4, -0.2) is 33.9 Å². The van der Waals surface area contributed by atoms with Crippen molar-refractivity contribution in [2.75, 3.05) is 4.90 Å². The molecule has 0 saturated heterocycles. The molecular weight excluding hydrogens is 533 g/mol. The molecule has 0 aliphatic heterocycles. The maximum absolute atomic E-state index is 13.2. The van der Waals surface area contributed by atoms with Crippen LogP contribution in [0, 0.1) is 0 Å². The summed E-state index contributed by atoms with van der Waals surface area (Å²) < 4.78 is 4.63. The van der Waals surface area contributed by atoms with Crippen LogP contribution >= 0.6 is 11.3 Å². The fraction of sp³-hybridized carbons (Fsp3) is 0. The molecule has 0 amide bonds. The summed E-state index contributed by atoms with van der Waals surface area (Å²) >= 11 is 1.40. The fourth-order valence-electron chi connectivity index (χ4n) is 4.27. The Kier molecular flexibility index (Phi) is 5.03. The number of hydrogen-bond acceptors (Lipinski definition) is 6. The Morgan fingerprint density at radius 3 is 2.50 bits per heavy atom. The van der Waals surface area contributed by atoms with Gasteiger partial charge in [0.25, 0.3) is 0 Å². The zero-order valence-electron chi connectivity index (χ0n) is 18.8. The molecule has 4 aromatic heterocycles. The van der Waals surface area contributed by atoms with Gasteiger partial charge in [0.15, 0.2) is 0 Å². The van der Waals surface area contributed by atoms with Crippen LogP contribution in [0.25, 0.3) is 33.0 Å². The van der Waals surface area contributed by atoms with Crippen molar-refractivity contribution < 1.29 is 0 Å². The van der Waals surface area contributed by atoms with Gasteiger partial charge >= 0.3 is 216 Å². The number of fused-ring (bicyclic) bond motifs is 4. The molecule has 0 aliphatic rings. The van der Waals surface area contributed by atoms with Gasteiger partial charge in [-0.05, 0) is 0 Å². The SMILES string of the molecule is O=c1/c(=C\c2ccc(N(c3ccccc3)c3ncc4ccccc4n3)[se]2)sc2nc3ccccc3n12. The Morgan fingerprint density at radius 2 is 1.61 bits per heavy atom. The second-order valence-electron chi connectivity index (χ2n) is 8.21. The number of aromatic nitrogens is 4. The van der Waals surface area contributed by atoms with Gasteiger partial charge in [-0.2, -0.15) is 0 Å². The molecule has 7 aromatic rings. The summed E-state index contributed by atoms with van der Waals surface area (Å²) in [5, 5.41) is 1.01. The molecule has 172 valence electrons. The van der Waals surface area contributed by atoms with Crippen LogP contribution in [0.3, 0.4) is 0 Å². The third-order valence-electron chi connectivity index (χ3n) is 5.94. The van der Waals surface area contributed by atoms with E-state index in [9.17, 15) is 4.79 Å². The number of para-hydroxylation sites is 4. The van der Waals surface area contributed by atoms with Crippen molar-refractivity contribution in [3.05, 3.63) is 117 Å². The Morgan fingerprint density at radius 1 is 0.833 bits per heavy atom. The van der Waals surface area contributed by atoms with E-state index in [0.29, 0.717) is 10.5 Å². The van der Waals surface area contributed by atoms with Crippen LogP contribution < -0.4 is 15.0 Å². The van der Waals surface area contributed by atoms with Gasteiger partial charge in [-0.1, -0.05) is 0 Å². The van der Waals surface area contributed by atoms with E-state index in [2.05, 4.69) is 34.1 Å². The second-order valence-corrected chi connectivity index (χ2v) is 11.5. The number of benzene rings is 3. The first-order chi connectivity index (χ1) is 17.7. The molecule has 7 rings (SSSR count). The minimum atomic E-state index is -0.0363. The molecule has 0 atom stereocenters. The van der Waals surface area contributed by atoms with Gasteiger partial charge in [-0.25, -0.2) is 0 Å². The maximum atomic E-state index is 13.2. The van der Waals surface area contributed by atoms with Gasteiger partial charge in [-0.3, -0.25) is 0 Å². The molecule has 6 nitrogen and oxygen atoms in total. The van der Waals surface area contributed by atoms with Crippen LogP contribution in [0.15, 0.2) is 102 Å². The fourth-order valence-corrected chi connectivity index (χ4v) is 7.45. The molecule has 0 aliphatic carbocycles. The first-order valence-corrected chi connectivity index (χ1v) is 13.9. The summed E-state index contributed by atoms with van der Waals surface area (Å²) in [6.45, 7) is 0. The number of rotatable bonds is 4. The van der Waals surface area contributed by atoms with Crippen molar-refractivity contribution in [2.45, 2.75) is 0 Å². The Balaban J connectivity index is 1.34. The average molecular weight is 551 g/mol. The molecule has 0 unspecified atom stereocenters. The molecule has 0 spiro atoms. The van der Waals surface area contributed by atoms with E-state index in [1.807, 2.05) is 79.0 Å². The van der Waals surface area contributed by atoms with E-state index in [0.717, 1.165) is 41.6 Å². The number of hydrogen-bond donors (Lipinski definition) is 0. The third-order valence-corrected chi connectivity index (χ3v) is 9.05. The van der Waals surface area contributed by atoms with Gasteiger partial charge in [0.1, 0.15) is 0 Å². The zero-order chi connectivity index (χ0) is 24.1. The van der Waals surface area contributed by atoms with E-state index in [1.165, 1.54) is 11.3 Å². The van der Waals surface area contributed by atoms with E-state index < -0.39 is 0 Å². The quantitative estimate of drug-likeness (QED) is 0.291. The molecular formula is C28H17N5OSSe. The number of thiazole rings is 1. The second kappa shape index (κ2) is 8.53. The summed E-state index contributed by atoms with van der Waals surface area (Å²) in [6.07, 6.45) is 3.87. The molecule has 0 fully saturated rings. The van der Waals surface area contributed by atoms with Gasteiger partial charge in [0.2, 0.25) is 0 Å². The molecule has 4 heterocycles. The van der Waals surface area contributed by atoms with Crippen molar-refractivity contribution in [1.82, 2.24) is 19.4 Å². The molecule has 8 heteroatoms. The predicted molar refractivity (Wildman–Crippen MR) is 147 cm³/mol. The molecule has 0 N–H and O–H groups in total. The Bertz CT molecular complexity index is 1990. The van der Waals surface area contributed by atoms with Crippen LogP contribution in [0.4, 0.5) is 16.2 Å². The number of anilines is 3. The summed E-state index contributed by atoms with van der Waals surface area (Å²) in [5.41, 5.74) is 3.57. The summed E-state index contributed by atoms with van der Waals surface area (Å²) in [5.74, 6) is 0.633. The van der Waals surface area contributed by atoms with Gasteiger partial charge in [-0.15, -0.1) is 0 Å². The molecule has 3 aromatic carbocycles. The number of nitrogens with zero attached hydrogens (tertiary/aromatic N) is 5. The Hall–Kier alpha value is -4.10. The minimum absolute atomic E-state index is 0.0216. The normalized spacial score (nSPS) is 12.2. The van der Waals surface area contributed by atoms with Crippen molar-refractivity contribution in [2.24, 2.45) is 0 Å². The van der Waals surface area contributed by atoms with E-state index in [4.69, 9.17) is 9.97 Å². The van der Waals surface area contributed by atoms with Crippen molar-refractivity contribution in [1.29, 1.82) is 0 Å². The van der Waals surface area contributed by atoms with Gasteiger partial charge in [0.05, 0.1) is 0 Å². The summed E-state index contributed by atoms with van der Waals surface area (Å²) in [4.78, 5) is 30.2. The molecule has 36 heavy (non-hydrogen) atoms. The predicted octanol–water partition coefficient (Wildman–Crippen LogP) is 4.93. The summed E-state index contributed by atoms with van der Waals surface area (Å²) in [7, 11) is 0. The monoisotopic (exact) mass is 551 g/mol. The van der Waals surface area contributed by atoms with E-state index in [1.54, 1.807) is 4.40 Å². The van der Waals surface area contributed by atoms with Crippen LogP contribution in [0.1, 0.15) is 4.44 Å². The molecule has 0 radical (unpaired) electrons. The van der Waals surface area contributed by atoms with Gasteiger partial charge < -0.3 is 0 Å². The molecule has 0 bridgehead atoms.